The monoisotopic (exact) mass is 495 g/mol. The van der Waals surface area contributed by atoms with E-state index >= 15 is 4.39 Å². The van der Waals surface area contributed by atoms with E-state index in [-0.39, 0.29) is 29.9 Å². The molecule has 196 valence electrons. The van der Waals surface area contributed by atoms with E-state index < -0.39 is 53.5 Å². The first-order valence-corrected chi connectivity index (χ1v) is 12.3. The van der Waals surface area contributed by atoms with Crippen LogP contribution in [0.5, 0.6) is 0 Å². The molecule has 2 fully saturated rings. The van der Waals surface area contributed by atoms with Gasteiger partial charge in [0.2, 0.25) is 0 Å². The number of ether oxygens (including phenoxy) is 2. The van der Waals surface area contributed by atoms with Gasteiger partial charge in [-0.3, -0.25) is 9.59 Å². The highest BCUT2D eigenvalue weighted by molar-refractivity contribution is 5.88. The molecule has 0 radical (unpaired) electrons. The Kier molecular flexibility index (Phi) is 8.23. The Hall–Kier alpha value is -2.10. The number of epoxide rings is 1. The lowest BCUT2D eigenvalue weighted by Gasteiger charge is -2.34. The number of Topliss-reactive ketones (excluding diaryl/α,β-unsaturated/α-hetero) is 1. The number of carbonyl (C=O) groups is 2. The van der Waals surface area contributed by atoms with Gasteiger partial charge in [-0.1, -0.05) is 34.1 Å². The van der Waals surface area contributed by atoms with Crippen LogP contribution in [0.25, 0.3) is 6.08 Å². The summed E-state index contributed by atoms with van der Waals surface area (Å²) in [5.74, 6) is -2.37. The third-order valence-corrected chi connectivity index (χ3v) is 7.64. The van der Waals surface area contributed by atoms with E-state index in [1.54, 1.807) is 27.7 Å². The molecular formula is C26H38FNO7. The fourth-order valence-electron chi connectivity index (χ4n) is 4.86. The number of halogens is 1. The molecule has 35 heavy (non-hydrogen) atoms. The Balaban J connectivity index is 1.85. The molecule has 0 bridgehead atoms. The van der Waals surface area contributed by atoms with Crippen molar-refractivity contribution in [2.45, 2.75) is 104 Å². The smallest absolute Gasteiger partial charge is 0.309 e. The predicted molar refractivity (Wildman–Crippen MR) is 126 cm³/mol. The van der Waals surface area contributed by atoms with E-state index in [1.165, 1.54) is 6.26 Å². The van der Waals surface area contributed by atoms with Crippen molar-refractivity contribution in [3.05, 3.63) is 23.7 Å². The molecule has 2 N–H and O–H groups in total. The fraction of sp³-hybridized carbons (Fsp3) is 0.731. The Labute approximate surface area is 205 Å². The first-order valence-electron chi connectivity index (χ1n) is 12.3. The molecule has 3 heterocycles. The summed E-state index contributed by atoms with van der Waals surface area (Å²) in [6.45, 7) is 10.2. The molecule has 2 aliphatic rings. The highest BCUT2D eigenvalue weighted by Gasteiger charge is 2.53. The molecule has 3 rings (SSSR count). The topological polar surface area (TPSA) is 122 Å². The molecule has 1 aromatic heterocycles. The van der Waals surface area contributed by atoms with Crippen molar-refractivity contribution in [2.24, 2.45) is 17.3 Å². The minimum atomic E-state index is -1.37. The van der Waals surface area contributed by atoms with Crippen molar-refractivity contribution >= 4 is 17.8 Å². The number of hydrogen-bond donors (Lipinski definition) is 2. The molecule has 9 heteroatoms. The number of aromatic nitrogens is 1. The van der Waals surface area contributed by atoms with Crippen molar-refractivity contribution in [1.29, 1.82) is 0 Å². The molecule has 0 saturated carbocycles. The number of hydrogen-bond acceptors (Lipinski definition) is 8. The molecule has 0 spiro atoms. The Morgan fingerprint density at radius 2 is 1.91 bits per heavy atom. The number of cyclic esters (lactones) is 1. The number of carbonyl (C=O) groups excluding carboxylic acids is 2. The number of rotatable bonds is 2. The number of esters is 1. The van der Waals surface area contributed by atoms with Crippen LogP contribution in [0.2, 0.25) is 0 Å². The van der Waals surface area contributed by atoms with E-state index in [9.17, 15) is 19.8 Å². The first kappa shape index (κ1) is 27.5. The first-order chi connectivity index (χ1) is 16.2. The summed E-state index contributed by atoms with van der Waals surface area (Å²) < 4.78 is 31.7. The highest BCUT2D eigenvalue weighted by atomic mass is 19.1. The largest absolute Gasteiger partial charge is 0.455 e. The maximum absolute atomic E-state index is 15.2. The molecule has 0 aromatic carbocycles. The van der Waals surface area contributed by atoms with E-state index in [2.05, 4.69) is 4.98 Å². The van der Waals surface area contributed by atoms with E-state index in [0.717, 1.165) is 12.5 Å². The Bertz CT molecular complexity index is 957. The minimum Gasteiger partial charge on any atom is -0.455 e. The van der Waals surface area contributed by atoms with Crippen LogP contribution in [0.1, 0.15) is 78.3 Å². The van der Waals surface area contributed by atoms with Crippen molar-refractivity contribution < 1.29 is 38.1 Å². The Morgan fingerprint density at radius 3 is 2.54 bits per heavy atom. The summed E-state index contributed by atoms with van der Waals surface area (Å²) in [6, 6.07) is 0. The molecule has 7 atom stereocenters. The van der Waals surface area contributed by atoms with Gasteiger partial charge in [0.05, 0.1) is 35.7 Å². The summed E-state index contributed by atoms with van der Waals surface area (Å²) in [6.07, 6.45) is 0.413. The van der Waals surface area contributed by atoms with Gasteiger partial charge < -0.3 is 24.1 Å². The summed E-state index contributed by atoms with van der Waals surface area (Å²) in [5.41, 5.74) is -1.53. The predicted octanol–water partition coefficient (Wildman–Crippen LogP) is 3.92. The zero-order chi connectivity index (χ0) is 26.1. The van der Waals surface area contributed by atoms with Crippen LogP contribution < -0.4 is 0 Å². The van der Waals surface area contributed by atoms with Gasteiger partial charge in [-0.25, -0.2) is 9.37 Å². The van der Waals surface area contributed by atoms with Gasteiger partial charge >= 0.3 is 5.97 Å². The molecule has 3 unspecified atom stereocenters. The highest BCUT2D eigenvalue weighted by Crippen LogP contribution is 2.45. The fourth-order valence-corrected chi connectivity index (χ4v) is 4.86. The third kappa shape index (κ3) is 6.37. The second-order valence-corrected chi connectivity index (χ2v) is 10.9. The van der Waals surface area contributed by atoms with E-state index in [0.29, 0.717) is 18.7 Å². The lowest BCUT2D eigenvalue weighted by molar-refractivity contribution is -0.155. The Morgan fingerprint density at radius 1 is 1.23 bits per heavy atom. The second-order valence-electron chi connectivity index (χ2n) is 10.9. The molecule has 1 aromatic rings. The number of aliphatic hydroxyl groups is 2. The van der Waals surface area contributed by atoms with E-state index in [1.807, 2.05) is 13.8 Å². The maximum atomic E-state index is 15.2. The molecule has 0 aliphatic carbocycles. The minimum absolute atomic E-state index is 0.106. The van der Waals surface area contributed by atoms with Gasteiger partial charge in [0.25, 0.3) is 0 Å². The van der Waals surface area contributed by atoms with Crippen LogP contribution >= 0.6 is 0 Å². The van der Waals surface area contributed by atoms with Gasteiger partial charge in [0, 0.05) is 25.3 Å². The number of oxazole rings is 1. The summed E-state index contributed by atoms with van der Waals surface area (Å²) in [4.78, 5) is 29.9. The second kappa shape index (κ2) is 10.5. The maximum Gasteiger partial charge on any atom is 0.309 e. The SMILES string of the molecule is Cc1nc(C=C(F)C2CC3O[C@]3(C)CCC[C@H](C)[C@H](O)[C@@H](C)C(=O)C(C)(C)C(O)CC(=O)O2)co1. The summed E-state index contributed by atoms with van der Waals surface area (Å²) >= 11 is 0. The van der Waals surface area contributed by atoms with Crippen molar-refractivity contribution in [1.82, 2.24) is 4.98 Å². The van der Waals surface area contributed by atoms with Crippen molar-refractivity contribution in [3.8, 4) is 0 Å². The zero-order valence-corrected chi connectivity index (χ0v) is 21.4. The number of aliphatic hydroxyl groups excluding tert-OH is 2. The van der Waals surface area contributed by atoms with Crippen LogP contribution in [0, 0.1) is 24.2 Å². The van der Waals surface area contributed by atoms with Crippen molar-refractivity contribution in [3.63, 3.8) is 0 Å². The lowest BCUT2D eigenvalue weighted by Crippen LogP contribution is -2.45. The van der Waals surface area contributed by atoms with Crippen molar-refractivity contribution in [2.75, 3.05) is 0 Å². The molecule has 2 aliphatic heterocycles. The van der Waals surface area contributed by atoms with Crippen LogP contribution in [0.3, 0.4) is 0 Å². The molecule has 2 saturated heterocycles. The zero-order valence-electron chi connectivity index (χ0n) is 21.4. The van der Waals surface area contributed by atoms with Crippen LogP contribution in [-0.4, -0.2) is 57.0 Å². The van der Waals surface area contributed by atoms with Gasteiger partial charge in [0.15, 0.2) is 12.0 Å². The number of nitrogens with zero attached hydrogens (tertiary/aromatic N) is 1. The quantitative estimate of drug-likeness (QED) is 0.468. The molecule has 0 amide bonds. The van der Waals surface area contributed by atoms with Gasteiger partial charge in [-0.15, -0.1) is 0 Å². The average molecular weight is 496 g/mol. The molecule has 8 nitrogen and oxygen atoms in total. The van der Waals surface area contributed by atoms with Gasteiger partial charge in [0.1, 0.15) is 23.6 Å². The third-order valence-electron chi connectivity index (χ3n) is 7.64. The van der Waals surface area contributed by atoms with E-state index in [4.69, 9.17) is 13.9 Å². The standard InChI is InChI=1S/C26H38FNO7/c1-14-8-7-9-26(6)21(35-26)11-19(18(27)10-17-13-33-16(3)28-17)34-22(30)12-20(29)25(4,5)24(32)15(2)23(14)31/h10,13-15,19-21,23,29,31H,7-9,11-12H2,1-6H3/t14-,15+,19?,20?,21?,23-,26+/m0/s1. The van der Waals surface area contributed by atoms with Gasteiger partial charge in [-0.2, -0.15) is 0 Å². The molecular weight excluding hydrogens is 457 g/mol. The number of ketones is 1. The summed E-state index contributed by atoms with van der Waals surface area (Å²) in [7, 11) is 0. The summed E-state index contributed by atoms with van der Waals surface area (Å²) in [5, 5.41) is 21.5. The van der Waals surface area contributed by atoms with Crippen LogP contribution in [-0.2, 0) is 19.1 Å². The van der Waals surface area contributed by atoms with Gasteiger partial charge in [-0.05, 0) is 25.7 Å². The average Bonchev–Trinajstić information content (AvgIpc) is 3.22. The van der Waals surface area contributed by atoms with Crippen LogP contribution in [0.4, 0.5) is 4.39 Å². The number of aryl methyl sites for hydroxylation is 1. The normalized spacial score (nSPS) is 37.5. The number of fused-ring (bicyclic) bond motifs is 1. The lowest BCUT2D eigenvalue weighted by atomic mass is 9.73. The van der Waals surface area contributed by atoms with Crippen LogP contribution in [0.15, 0.2) is 16.5 Å².